The van der Waals surface area contributed by atoms with Gasteiger partial charge in [-0.15, -0.1) is 0 Å². The molecule has 0 saturated heterocycles. The van der Waals surface area contributed by atoms with Gasteiger partial charge in [-0.3, -0.25) is 0 Å². The van der Waals surface area contributed by atoms with Crippen LogP contribution in [0.2, 0.25) is 0 Å². The Hall–Kier alpha value is -2.35. The third-order valence-corrected chi connectivity index (χ3v) is 3.74. The summed E-state index contributed by atoms with van der Waals surface area (Å²) >= 11 is 0.677. The summed E-state index contributed by atoms with van der Waals surface area (Å²) in [5.74, 6) is -0.391. The number of anilines is 1. The number of aromatic nitrogens is 2. The van der Waals surface area contributed by atoms with E-state index in [0.29, 0.717) is 24.7 Å². The van der Waals surface area contributed by atoms with E-state index in [1.54, 1.807) is 0 Å². The van der Waals surface area contributed by atoms with E-state index in [1.165, 1.54) is 0 Å². The summed E-state index contributed by atoms with van der Waals surface area (Å²) in [6.45, 7) is 0.630. The second-order valence-corrected chi connectivity index (χ2v) is 5.43. The van der Waals surface area contributed by atoms with E-state index >= 15 is 0 Å². The van der Waals surface area contributed by atoms with Crippen molar-refractivity contribution in [1.29, 1.82) is 0 Å². The van der Waals surface area contributed by atoms with E-state index in [4.69, 9.17) is 4.74 Å². The van der Waals surface area contributed by atoms with Crippen molar-refractivity contribution in [3.63, 3.8) is 0 Å². The zero-order valence-corrected chi connectivity index (χ0v) is 12.6. The van der Waals surface area contributed by atoms with Crippen LogP contribution in [0.15, 0.2) is 42.5 Å². The van der Waals surface area contributed by atoms with E-state index in [9.17, 15) is 13.2 Å². The van der Waals surface area contributed by atoms with Gasteiger partial charge in [0.05, 0.1) is 6.54 Å². The van der Waals surface area contributed by atoms with Crippen LogP contribution in [0, 0.1) is 0 Å². The fraction of sp³-hybridized carbons (Fsp3) is 0.200. The van der Waals surface area contributed by atoms with Gasteiger partial charge in [0.2, 0.25) is 11.0 Å². The third-order valence-electron chi connectivity index (χ3n) is 3.07. The quantitative estimate of drug-likeness (QED) is 0.708. The first-order valence-electron chi connectivity index (χ1n) is 6.79. The van der Waals surface area contributed by atoms with E-state index in [0.717, 1.165) is 16.5 Å². The summed E-state index contributed by atoms with van der Waals surface area (Å²) in [6.07, 6.45) is -4.52. The van der Waals surface area contributed by atoms with E-state index < -0.39 is 12.0 Å². The maximum Gasteiger partial charge on any atom is 0.452 e. The number of nitrogens with zero attached hydrogens (tertiary/aromatic N) is 2. The normalized spacial score (nSPS) is 11.6. The molecular weight excluding hydrogens is 327 g/mol. The highest BCUT2D eigenvalue weighted by Crippen LogP contribution is 2.29. The van der Waals surface area contributed by atoms with Crippen LogP contribution < -0.4 is 10.1 Å². The van der Waals surface area contributed by atoms with Gasteiger partial charge in [0.1, 0.15) is 12.4 Å². The number of fused-ring (bicyclic) bond motifs is 1. The molecule has 2 aromatic carbocycles. The molecule has 1 aromatic heterocycles. The molecule has 0 bridgehead atoms. The van der Waals surface area contributed by atoms with Gasteiger partial charge < -0.3 is 10.1 Å². The first-order valence-corrected chi connectivity index (χ1v) is 7.57. The minimum absolute atomic E-state index is 0.124. The smallest absolute Gasteiger partial charge is 0.452 e. The van der Waals surface area contributed by atoms with Crippen LogP contribution in [-0.2, 0) is 6.18 Å². The topological polar surface area (TPSA) is 47.0 Å². The number of hydrogen-bond donors (Lipinski definition) is 1. The van der Waals surface area contributed by atoms with E-state index in [1.807, 2.05) is 42.5 Å². The van der Waals surface area contributed by atoms with Gasteiger partial charge in [0.25, 0.3) is 0 Å². The number of nitrogens with one attached hydrogen (secondary N) is 1. The van der Waals surface area contributed by atoms with Crippen LogP contribution >= 0.6 is 11.5 Å². The second-order valence-electron chi connectivity index (χ2n) is 4.67. The summed E-state index contributed by atoms with van der Waals surface area (Å²) < 4.78 is 46.1. The molecule has 0 aliphatic heterocycles. The lowest BCUT2D eigenvalue weighted by Crippen LogP contribution is -2.12. The van der Waals surface area contributed by atoms with Crippen molar-refractivity contribution in [2.24, 2.45) is 0 Å². The lowest BCUT2D eigenvalue weighted by Gasteiger charge is -2.09. The maximum absolute atomic E-state index is 12.4. The van der Waals surface area contributed by atoms with Gasteiger partial charge in [-0.05, 0) is 11.5 Å². The molecule has 0 aliphatic rings. The molecule has 0 atom stereocenters. The summed E-state index contributed by atoms with van der Waals surface area (Å²) in [6, 6.07) is 13.5. The zero-order chi connectivity index (χ0) is 16.3. The molecule has 23 heavy (non-hydrogen) atoms. The molecule has 0 saturated carbocycles. The molecule has 0 aliphatic carbocycles. The summed E-state index contributed by atoms with van der Waals surface area (Å²) in [4.78, 5) is 3.39. The monoisotopic (exact) mass is 339 g/mol. The second kappa shape index (κ2) is 6.41. The fourth-order valence-electron chi connectivity index (χ4n) is 2.05. The predicted molar refractivity (Wildman–Crippen MR) is 82.8 cm³/mol. The molecular formula is C15H12F3N3OS. The van der Waals surface area contributed by atoms with Crippen LogP contribution in [0.3, 0.4) is 0 Å². The highest BCUT2D eigenvalue weighted by molar-refractivity contribution is 7.09. The Balaban J connectivity index is 1.56. The molecule has 3 rings (SSSR count). The minimum Gasteiger partial charge on any atom is -0.491 e. The van der Waals surface area contributed by atoms with Crippen molar-refractivity contribution in [1.82, 2.24) is 9.36 Å². The Labute approximate surface area is 134 Å². The van der Waals surface area contributed by atoms with Crippen molar-refractivity contribution in [3.8, 4) is 5.75 Å². The number of benzene rings is 2. The summed E-state index contributed by atoms with van der Waals surface area (Å²) in [7, 11) is 0. The molecule has 3 aromatic rings. The van der Waals surface area contributed by atoms with Crippen molar-refractivity contribution in [2.45, 2.75) is 6.18 Å². The third kappa shape index (κ3) is 3.70. The average molecular weight is 339 g/mol. The number of ether oxygens (including phenoxy) is 1. The Kier molecular flexibility index (Phi) is 4.33. The molecule has 4 nitrogen and oxygen atoms in total. The molecule has 8 heteroatoms. The van der Waals surface area contributed by atoms with Gasteiger partial charge >= 0.3 is 6.18 Å². The molecule has 120 valence electrons. The lowest BCUT2D eigenvalue weighted by molar-refractivity contribution is -0.144. The predicted octanol–water partition coefficient (Wildman–Crippen LogP) is 4.20. The van der Waals surface area contributed by atoms with Gasteiger partial charge in [-0.1, -0.05) is 36.4 Å². The fourth-order valence-corrected chi connectivity index (χ4v) is 2.66. The van der Waals surface area contributed by atoms with Gasteiger partial charge in [-0.25, -0.2) is 0 Å². The molecule has 1 heterocycles. The average Bonchev–Trinajstić information content (AvgIpc) is 3.01. The Morgan fingerprint density at radius 3 is 2.65 bits per heavy atom. The van der Waals surface area contributed by atoms with Crippen molar-refractivity contribution >= 4 is 27.4 Å². The van der Waals surface area contributed by atoms with E-state index in [-0.39, 0.29) is 5.13 Å². The summed E-state index contributed by atoms with van der Waals surface area (Å²) in [5.41, 5.74) is 0. The van der Waals surface area contributed by atoms with Crippen LogP contribution in [0.25, 0.3) is 10.8 Å². The lowest BCUT2D eigenvalue weighted by atomic mass is 10.1. The standard InChI is InChI=1S/C15H12F3N3OS/c16-15(17,18)13-20-14(23-21-13)19-8-9-22-12-7-3-5-10-4-1-2-6-11(10)12/h1-7H,8-9H2,(H,19,20,21). The number of alkyl halides is 3. The van der Waals surface area contributed by atoms with Crippen molar-refractivity contribution in [2.75, 3.05) is 18.5 Å². The molecule has 0 amide bonds. The maximum atomic E-state index is 12.4. The Morgan fingerprint density at radius 1 is 1.09 bits per heavy atom. The molecule has 1 N–H and O–H groups in total. The molecule has 0 spiro atoms. The minimum atomic E-state index is -4.52. The van der Waals surface area contributed by atoms with Crippen molar-refractivity contribution < 1.29 is 17.9 Å². The highest BCUT2D eigenvalue weighted by atomic mass is 32.1. The van der Waals surface area contributed by atoms with Crippen LogP contribution in [-0.4, -0.2) is 22.5 Å². The van der Waals surface area contributed by atoms with Gasteiger partial charge in [0.15, 0.2) is 0 Å². The molecule has 0 radical (unpaired) electrons. The highest BCUT2D eigenvalue weighted by Gasteiger charge is 2.36. The molecule has 0 fully saturated rings. The van der Waals surface area contributed by atoms with Gasteiger partial charge in [-0.2, -0.15) is 22.5 Å². The summed E-state index contributed by atoms with van der Waals surface area (Å²) in [5, 5.41) is 4.96. The number of hydrogen-bond acceptors (Lipinski definition) is 5. The Bertz CT molecular complexity index is 799. The Morgan fingerprint density at radius 2 is 1.87 bits per heavy atom. The van der Waals surface area contributed by atoms with Crippen LogP contribution in [0.4, 0.5) is 18.3 Å². The molecule has 0 unspecified atom stereocenters. The first kappa shape index (κ1) is 15.5. The largest absolute Gasteiger partial charge is 0.491 e. The zero-order valence-electron chi connectivity index (χ0n) is 11.8. The van der Waals surface area contributed by atoms with Crippen LogP contribution in [0.5, 0.6) is 5.75 Å². The number of rotatable bonds is 5. The van der Waals surface area contributed by atoms with Gasteiger partial charge in [0, 0.05) is 16.9 Å². The SMILES string of the molecule is FC(F)(F)c1nsc(NCCOc2cccc3ccccc23)n1. The van der Waals surface area contributed by atoms with E-state index in [2.05, 4.69) is 14.7 Å². The number of halogens is 3. The van der Waals surface area contributed by atoms with Crippen molar-refractivity contribution in [3.05, 3.63) is 48.3 Å². The first-order chi connectivity index (χ1) is 11.0. The van der Waals surface area contributed by atoms with Crippen LogP contribution in [0.1, 0.15) is 5.82 Å².